The SMILES string of the molecule is CC1CN(C(=O)Cn2ncc3cccn3c2=O)CC(C)O1. The van der Waals surface area contributed by atoms with Crippen LogP contribution < -0.4 is 5.69 Å². The Morgan fingerprint density at radius 3 is 2.81 bits per heavy atom. The topological polar surface area (TPSA) is 68.8 Å². The average Bonchev–Trinajstić information content (AvgIpc) is 2.90. The highest BCUT2D eigenvalue weighted by Gasteiger charge is 2.26. The van der Waals surface area contributed by atoms with Crippen molar-refractivity contribution in [3.63, 3.8) is 0 Å². The van der Waals surface area contributed by atoms with Crippen LogP contribution in [0, 0.1) is 0 Å². The highest BCUT2D eigenvalue weighted by molar-refractivity contribution is 5.76. The molecule has 3 heterocycles. The van der Waals surface area contributed by atoms with Gasteiger partial charge >= 0.3 is 5.69 Å². The van der Waals surface area contributed by atoms with Gasteiger partial charge in [0.25, 0.3) is 0 Å². The Morgan fingerprint density at radius 2 is 2.10 bits per heavy atom. The molecular weight excluding hydrogens is 272 g/mol. The molecule has 0 bridgehead atoms. The zero-order valence-corrected chi connectivity index (χ0v) is 12.1. The third kappa shape index (κ3) is 2.69. The van der Waals surface area contributed by atoms with Crippen LogP contribution in [-0.4, -0.2) is 50.3 Å². The van der Waals surface area contributed by atoms with Gasteiger partial charge in [0.15, 0.2) is 0 Å². The van der Waals surface area contributed by atoms with Crippen LogP contribution in [0.25, 0.3) is 5.52 Å². The Balaban J connectivity index is 1.80. The van der Waals surface area contributed by atoms with Gasteiger partial charge in [-0.1, -0.05) is 0 Å². The number of aromatic nitrogens is 3. The summed E-state index contributed by atoms with van der Waals surface area (Å²) in [6.45, 7) is 4.91. The summed E-state index contributed by atoms with van der Waals surface area (Å²) in [7, 11) is 0. The molecule has 1 aliphatic heterocycles. The quantitative estimate of drug-likeness (QED) is 0.788. The van der Waals surface area contributed by atoms with Crippen LogP contribution in [0.15, 0.2) is 29.3 Å². The lowest BCUT2D eigenvalue weighted by Gasteiger charge is -2.35. The molecule has 1 amide bonds. The minimum absolute atomic E-state index is 0.00862. The lowest BCUT2D eigenvalue weighted by atomic mass is 10.2. The van der Waals surface area contributed by atoms with Gasteiger partial charge in [-0.25, -0.2) is 9.48 Å². The first kappa shape index (κ1) is 13.8. The third-order valence-corrected chi connectivity index (χ3v) is 3.59. The van der Waals surface area contributed by atoms with E-state index in [1.54, 1.807) is 29.4 Å². The van der Waals surface area contributed by atoms with Gasteiger partial charge in [-0.2, -0.15) is 5.10 Å². The minimum Gasteiger partial charge on any atom is -0.372 e. The van der Waals surface area contributed by atoms with Crippen molar-refractivity contribution in [3.8, 4) is 0 Å². The molecule has 7 nitrogen and oxygen atoms in total. The fourth-order valence-electron chi connectivity index (χ4n) is 2.69. The maximum absolute atomic E-state index is 12.3. The molecule has 0 aromatic carbocycles. The van der Waals surface area contributed by atoms with E-state index in [9.17, 15) is 9.59 Å². The minimum atomic E-state index is -0.305. The predicted octanol–water partition coefficient (Wildman–Crippen LogP) is 0.132. The maximum Gasteiger partial charge on any atom is 0.349 e. The second kappa shape index (κ2) is 5.33. The predicted molar refractivity (Wildman–Crippen MR) is 76.0 cm³/mol. The van der Waals surface area contributed by atoms with Gasteiger partial charge in [-0.05, 0) is 26.0 Å². The van der Waals surface area contributed by atoms with E-state index in [-0.39, 0.29) is 30.3 Å². The van der Waals surface area contributed by atoms with Crippen LogP contribution in [0.3, 0.4) is 0 Å². The van der Waals surface area contributed by atoms with Gasteiger partial charge in [-0.15, -0.1) is 0 Å². The van der Waals surface area contributed by atoms with Crippen LogP contribution in [0.4, 0.5) is 0 Å². The number of hydrogen-bond acceptors (Lipinski definition) is 4. The van der Waals surface area contributed by atoms with E-state index >= 15 is 0 Å². The van der Waals surface area contributed by atoms with E-state index in [4.69, 9.17) is 4.74 Å². The van der Waals surface area contributed by atoms with Crippen LogP contribution in [-0.2, 0) is 16.1 Å². The number of carbonyl (C=O) groups is 1. The second-order valence-corrected chi connectivity index (χ2v) is 5.44. The Kier molecular flexibility index (Phi) is 3.50. The Hall–Kier alpha value is -2.15. The van der Waals surface area contributed by atoms with Gasteiger partial charge in [0.05, 0.1) is 23.9 Å². The van der Waals surface area contributed by atoms with Gasteiger partial charge in [0, 0.05) is 19.3 Å². The van der Waals surface area contributed by atoms with E-state index in [1.165, 1.54) is 9.08 Å². The Bertz CT molecular complexity index is 710. The number of rotatable bonds is 2. The van der Waals surface area contributed by atoms with Crippen molar-refractivity contribution >= 4 is 11.4 Å². The first-order valence-electron chi connectivity index (χ1n) is 7.01. The molecule has 3 rings (SSSR count). The van der Waals surface area contributed by atoms with Crippen molar-refractivity contribution in [2.45, 2.75) is 32.6 Å². The molecule has 7 heteroatoms. The van der Waals surface area contributed by atoms with Crippen LogP contribution in [0.5, 0.6) is 0 Å². The number of nitrogens with zero attached hydrogens (tertiary/aromatic N) is 4. The molecule has 2 atom stereocenters. The molecule has 0 aliphatic carbocycles. The molecule has 1 aliphatic rings. The molecule has 0 spiro atoms. The lowest BCUT2D eigenvalue weighted by Crippen LogP contribution is -2.50. The van der Waals surface area contributed by atoms with Crippen LogP contribution in [0.2, 0.25) is 0 Å². The fraction of sp³-hybridized carbons (Fsp3) is 0.500. The largest absolute Gasteiger partial charge is 0.372 e. The van der Waals surface area contributed by atoms with Crippen molar-refractivity contribution in [3.05, 3.63) is 35.0 Å². The monoisotopic (exact) mass is 290 g/mol. The fourth-order valence-corrected chi connectivity index (χ4v) is 2.69. The summed E-state index contributed by atoms with van der Waals surface area (Å²) in [6.07, 6.45) is 3.27. The van der Waals surface area contributed by atoms with Crippen molar-refractivity contribution in [1.82, 2.24) is 19.1 Å². The summed E-state index contributed by atoms with van der Waals surface area (Å²) in [4.78, 5) is 26.3. The summed E-state index contributed by atoms with van der Waals surface area (Å²) in [5, 5.41) is 4.06. The number of carbonyl (C=O) groups excluding carboxylic acids is 1. The molecule has 2 unspecified atom stereocenters. The smallest absolute Gasteiger partial charge is 0.349 e. The molecule has 0 saturated carbocycles. The van der Waals surface area contributed by atoms with Gasteiger partial charge in [0.1, 0.15) is 6.54 Å². The van der Waals surface area contributed by atoms with Gasteiger partial charge in [-0.3, -0.25) is 9.20 Å². The van der Waals surface area contributed by atoms with Crippen molar-refractivity contribution < 1.29 is 9.53 Å². The van der Waals surface area contributed by atoms with E-state index in [1.807, 2.05) is 13.8 Å². The third-order valence-electron chi connectivity index (χ3n) is 3.59. The summed E-state index contributed by atoms with van der Waals surface area (Å²) in [5.41, 5.74) is 0.414. The van der Waals surface area contributed by atoms with E-state index in [0.717, 1.165) is 5.52 Å². The normalized spacial score (nSPS) is 22.7. The summed E-state index contributed by atoms with van der Waals surface area (Å²) < 4.78 is 8.28. The number of amides is 1. The Morgan fingerprint density at radius 1 is 1.38 bits per heavy atom. The molecular formula is C14H18N4O3. The number of ether oxygens (including phenoxy) is 1. The second-order valence-electron chi connectivity index (χ2n) is 5.44. The Labute approximate surface area is 121 Å². The van der Waals surface area contributed by atoms with E-state index < -0.39 is 0 Å². The van der Waals surface area contributed by atoms with Gasteiger partial charge < -0.3 is 9.64 Å². The molecule has 1 saturated heterocycles. The zero-order chi connectivity index (χ0) is 15.0. The zero-order valence-electron chi connectivity index (χ0n) is 12.1. The van der Waals surface area contributed by atoms with Crippen molar-refractivity contribution in [2.24, 2.45) is 0 Å². The molecule has 21 heavy (non-hydrogen) atoms. The van der Waals surface area contributed by atoms with E-state index in [0.29, 0.717) is 13.1 Å². The highest BCUT2D eigenvalue weighted by atomic mass is 16.5. The van der Waals surface area contributed by atoms with Gasteiger partial charge in [0.2, 0.25) is 5.91 Å². The maximum atomic E-state index is 12.3. The average molecular weight is 290 g/mol. The molecule has 0 N–H and O–H groups in total. The molecule has 2 aromatic heterocycles. The van der Waals surface area contributed by atoms with E-state index in [2.05, 4.69) is 5.10 Å². The summed E-state index contributed by atoms with van der Waals surface area (Å²) in [6, 6.07) is 3.57. The highest BCUT2D eigenvalue weighted by Crippen LogP contribution is 2.11. The summed E-state index contributed by atoms with van der Waals surface area (Å²) in [5.74, 6) is -0.113. The molecule has 1 fully saturated rings. The van der Waals surface area contributed by atoms with Crippen LogP contribution >= 0.6 is 0 Å². The van der Waals surface area contributed by atoms with Crippen LogP contribution in [0.1, 0.15) is 13.8 Å². The molecule has 112 valence electrons. The first-order chi connectivity index (χ1) is 10.0. The summed E-state index contributed by atoms with van der Waals surface area (Å²) >= 11 is 0. The standard InChI is InChI=1S/C14H18N4O3/c1-10-7-16(8-11(2)21-10)13(19)9-18-14(20)17-5-3-4-12(17)6-15-18/h3-6,10-11H,7-9H2,1-2H3. The number of fused-ring (bicyclic) bond motifs is 1. The number of morpholine rings is 1. The van der Waals surface area contributed by atoms with Crippen molar-refractivity contribution in [2.75, 3.05) is 13.1 Å². The molecule has 0 radical (unpaired) electrons. The first-order valence-corrected chi connectivity index (χ1v) is 7.01. The number of hydrogen-bond donors (Lipinski definition) is 0. The lowest BCUT2D eigenvalue weighted by molar-refractivity contribution is -0.144. The molecule has 2 aromatic rings. The van der Waals surface area contributed by atoms with Crippen molar-refractivity contribution in [1.29, 1.82) is 0 Å².